The molecule has 0 amide bonds. The van der Waals surface area contributed by atoms with Crippen molar-refractivity contribution in [2.24, 2.45) is 16.6 Å². The quantitative estimate of drug-likeness (QED) is 0.272. The van der Waals surface area contributed by atoms with Gasteiger partial charge in [0, 0.05) is 5.56 Å². The molecule has 98 valence electrons. The Morgan fingerprint density at radius 1 is 1.39 bits per heavy atom. The monoisotopic (exact) mass is 272 g/mol. The average molecular weight is 273 g/mol. The van der Waals surface area contributed by atoms with Gasteiger partial charge in [0.2, 0.25) is 0 Å². The molecule has 0 bridgehead atoms. The van der Waals surface area contributed by atoms with Crippen LogP contribution < -0.4 is 20.9 Å². The molecular weight excluding hydrogens is 260 g/mol. The molecule has 0 saturated carbocycles. The number of ether oxygens (including phenoxy) is 2. The maximum Gasteiger partial charge on any atom is 0.366 e. The molecule has 0 atom stereocenters. The molecule has 18 heavy (non-hydrogen) atoms. The van der Waals surface area contributed by atoms with Crippen LogP contribution in [0, 0.1) is 5.21 Å². The summed E-state index contributed by atoms with van der Waals surface area (Å²) in [5, 5.41) is 14.8. The first-order valence-corrected chi connectivity index (χ1v) is 5.18. The van der Waals surface area contributed by atoms with E-state index in [0.29, 0.717) is 17.1 Å². The molecule has 1 rings (SSSR count). The number of halogens is 1. The smallest absolute Gasteiger partial charge is 0.366 e. The van der Waals surface area contributed by atoms with Gasteiger partial charge in [-0.2, -0.15) is 0 Å². The lowest BCUT2D eigenvalue weighted by atomic mass is 10.2. The van der Waals surface area contributed by atoms with Crippen LogP contribution in [0.15, 0.2) is 17.2 Å². The minimum atomic E-state index is -0.470. The predicted octanol–water partition coefficient (Wildman–Crippen LogP) is 0.475. The Bertz CT molecular complexity index is 498. The van der Waals surface area contributed by atoms with Crippen molar-refractivity contribution in [3.05, 3.63) is 27.9 Å². The van der Waals surface area contributed by atoms with E-state index in [1.165, 1.54) is 20.4 Å². The van der Waals surface area contributed by atoms with Crippen LogP contribution in [0.25, 0.3) is 0 Å². The van der Waals surface area contributed by atoms with Crippen molar-refractivity contribution in [2.45, 2.75) is 0 Å². The Hall–Kier alpha value is -2.15. The van der Waals surface area contributed by atoms with Gasteiger partial charge in [-0.05, 0) is 12.1 Å². The minimum Gasteiger partial charge on any atom is -0.722 e. The summed E-state index contributed by atoms with van der Waals surface area (Å²) in [5.41, 5.74) is 10.6. The van der Waals surface area contributed by atoms with Crippen LogP contribution in [0.1, 0.15) is 5.56 Å². The highest BCUT2D eigenvalue weighted by atomic mass is 35.5. The highest BCUT2D eigenvalue weighted by Gasteiger charge is 2.11. The fourth-order valence-corrected chi connectivity index (χ4v) is 1.47. The molecule has 0 aliphatic heterocycles. The standard InChI is InChI=1S/C10H13ClN4O3/c1-17-7-4-3-6(8(11)9(7)18-2)5-14-15(16)10(12)13/h3-5H,12-13H2,1-2H3. The van der Waals surface area contributed by atoms with Crippen molar-refractivity contribution in [1.82, 2.24) is 0 Å². The number of nitrogens with zero attached hydrogens (tertiary/aromatic N) is 2. The summed E-state index contributed by atoms with van der Waals surface area (Å²) in [6.07, 6.45) is 1.22. The highest BCUT2D eigenvalue weighted by molar-refractivity contribution is 6.34. The van der Waals surface area contributed by atoms with Gasteiger partial charge in [0.25, 0.3) is 0 Å². The summed E-state index contributed by atoms with van der Waals surface area (Å²) in [6.45, 7) is 0. The largest absolute Gasteiger partial charge is 0.722 e. The van der Waals surface area contributed by atoms with Crippen molar-refractivity contribution >= 4 is 23.8 Å². The maximum atomic E-state index is 11.0. The molecule has 0 unspecified atom stereocenters. The van der Waals surface area contributed by atoms with E-state index >= 15 is 0 Å². The number of hydrogen-bond donors (Lipinski definition) is 2. The van der Waals surface area contributed by atoms with Gasteiger partial charge in [-0.3, -0.25) is 11.5 Å². The topological polar surface area (TPSA) is 109 Å². The van der Waals surface area contributed by atoms with Gasteiger partial charge < -0.3 is 14.7 Å². The van der Waals surface area contributed by atoms with Crippen LogP contribution >= 0.6 is 11.6 Å². The third kappa shape index (κ3) is 2.95. The molecule has 0 spiro atoms. The summed E-state index contributed by atoms with van der Waals surface area (Å²) in [4.78, 5) is 0.0764. The van der Waals surface area contributed by atoms with Gasteiger partial charge in [-0.1, -0.05) is 11.6 Å². The molecule has 0 radical (unpaired) electrons. The van der Waals surface area contributed by atoms with E-state index in [9.17, 15) is 5.21 Å². The molecule has 8 heteroatoms. The molecule has 1 aromatic carbocycles. The Kier molecular flexibility index (Phi) is 4.61. The summed E-state index contributed by atoms with van der Waals surface area (Å²) >= 11 is 6.07. The van der Waals surface area contributed by atoms with E-state index in [1.54, 1.807) is 12.1 Å². The Balaban J connectivity index is 3.17. The van der Waals surface area contributed by atoms with E-state index in [2.05, 4.69) is 5.10 Å². The van der Waals surface area contributed by atoms with Gasteiger partial charge in [-0.25, -0.2) is 0 Å². The second-order valence-corrected chi connectivity index (χ2v) is 3.52. The number of guanidine groups is 1. The van der Waals surface area contributed by atoms with Crippen molar-refractivity contribution in [2.75, 3.05) is 14.2 Å². The van der Waals surface area contributed by atoms with Gasteiger partial charge in [0.1, 0.15) is 0 Å². The fourth-order valence-electron chi connectivity index (χ4n) is 1.19. The van der Waals surface area contributed by atoms with Crippen molar-refractivity contribution in [3.63, 3.8) is 0 Å². The van der Waals surface area contributed by atoms with Gasteiger partial charge >= 0.3 is 5.96 Å². The summed E-state index contributed by atoms with van der Waals surface area (Å²) in [5.74, 6) is 0.358. The molecule has 0 aliphatic rings. The maximum absolute atomic E-state index is 11.0. The molecule has 1 aromatic rings. The molecule has 0 heterocycles. The predicted molar refractivity (Wildman–Crippen MR) is 69.2 cm³/mol. The van der Waals surface area contributed by atoms with Gasteiger partial charge in [-0.15, -0.1) is 9.95 Å². The first-order chi connectivity index (χ1) is 8.51. The van der Waals surface area contributed by atoms with E-state index in [1.807, 2.05) is 0 Å². The normalized spacial score (nSPS) is 10.4. The Labute approximate surface area is 109 Å². The summed E-state index contributed by atoms with van der Waals surface area (Å²) < 4.78 is 10.2. The van der Waals surface area contributed by atoms with E-state index in [4.69, 9.17) is 32.5 Å². The third-order valence-electron chi connectivity index (χ3n) is 2.04. The minimum absolute atomic E-state index is 0.0764. The zero-order valence-corrected chi connectivity index (χ0v) is 10.6. The van der Waals surface area contributed by atoms with E-state index in [0.717, 1.165) is 0 Å². The van der Waals surface area contributed by atoms with Crippen molar-refractivity contribution < 1.29 is 14.3 Å². The lowest BCUT2D eigenvalue weighted by Crippen LogP contribution is -2.30. The number of nitrogens with two attached hydrogens (primary N) is 2. The van der Waals surface area contributed by atoms with Crippen molar-refractivity contribution in [1.29, 1.82) is 0 Å². The third-order valence-corrected chi connectivity index (χ3v) is 2.43. The second-order valence-electron chi connectivity index (χ2n) is 3.15. The van der Waals surface area contributed by atoms with E-state index in [-0.39, 0.29) is 9.87 Å². The molecule has 7 nitrogen and oxygen atoms in total. The number of hydrazone groups is 1. The number of methoxy groups -OCH3 is 2. The lowest BCUT2D eigenvalue weighted by molar-refractivity contribution is -0.463. The zero-order valence-electron chi connectivity index (χ0n) is 9.88. The number of benzene rings is 1. The molecular formula is C10H13ClN4O3. The number of hydrogen-bond acceptors (Lipinski definition) is 4. The number of rotatable bonds is 4. The average Bonchev–Trinajstić information content (AvgIpc) is 2.36. The first-order valence-electron chi connectivity index (χ1n) is 4.80. The van der Waals surface area contributed by atoms with Gasteiger partial charge in [0.05, 0.1) is 25.5 Å². The van der Waals surface area contributed by atoms with E-state index < -0.39 is 5.96 Å². The SMILES string of the molecule is COc1ccc(C=N[N+]([O-])=C(N)N)c(Cl)c1OC. The molecule has 0 aromatic heterocycles. The molecule has 0 fully saturated rings. The van der Waals surface area contributed by atoms with Crippen molar-refractivity contribution in [3.8, 4) is 11.5 Å². The summed E-state index contributed by atoms with van der Waals surface area (Å²) in [7, 11) is 2.95. The highest BCUT2D eigenvalue weighted by Crippen LogP contribution is 2.36. The molecule has 0 aliphatic carbocycles. The molecule has 0 saturated heterocycles. The van der Waals surface area contributed by atoms with Crippen LogP contribution in [-0.2, 0) is 0 Å². The molecule has 4 N–H and O–H groups in total. The Morgan fingerprint density at radius 2 is 2.06 bits per heavy atom. The van der Waals surface area contributed by atoms with Crippen LogP contribution in [0.3, 0.4) is 0 Å². The zero-order chi connectivity index (χ0) is 13.7. The Morgan fingerprint density at radius 3 is 2.56 bits per heavy atom. The van der Waals surface area contributed by atoms with Crippen LogP contribution in [-0.4, -0.2) is 31.2 Å². The fraction of sp³-hybridized carbons (Fsp3) is 0.200. The van der Waals surface area contributed by atoms with Crippen LogP contribution in [0.4, 0.5) is 0 Å². The summed E-state index contributed by atoms with van der Waals surface area (Å²) in [6, 6.07) is 3.25. The second kappa shape index (κ2) is 5.97. The van der Waals surface area contributed by atoms with Crippen LogP contribution in [0.5, 0.6) is 11.5 Å². The lowest BCUT2D eigenvalue weighted by Gasteiger charge is -2.10. The van der Waals surface area contributed by atoms with Gasteiger partial charge in [0.15, 0.2) is 11.5 Å². The first kappa shape index (κ1) is 13.9. The van der Waals surface area contributed by atoms with Crippen LogP contribution in [0.2, 0.25) is 5.02 Å².